The van der Waals surface area contributed by atoms with Crippen molar-refractivity contribution in [2.45, 2.75) is 122 Å². The van der Waals surface area contributed by atoms with Crippen LogP contribution < -0.4 is 32.0 Å². The minimum atomic E-state index is -1.26. The smallest absolute Gasteiger partial charge is 0.303 e. The Morgan fingerprint density at radius 1 is 0.851 bits per heavy atom. The lowest BCUT2D eigenvalue weighted by Crippen LogP contribution is -2.46. The van der Waals surface area contributed by atoms with Crippen molar-refractivity contribution in [2.24, 2.45) is 29.0 Å². The Kier molecular flexibility index (Phi) is 22.1. The number of likely N-dealkylation sites (N-methyl/N-ethyl adjacent to an activating group) is 1. The lowest BCUT2D eigenvalue weighted by molar-refractivity contribution is -0.142. The maximum Gasteiger partial charge on any atom is 0.303 e. The first-order chi connectivity index (χ1) is 32.3. The zero-order valence-electron chi connectivity index (χ0n) is 39.5. The number of carbonyl (C=O) groups excluding carboxylic acids is 5. The molecule has 3 aromatic rings. The summed E-state index contributed by atoms with van der Waals surface area (Å²) in [6.07, 6.45) is 7.02. The molecule has 0 aliphatic carbocycles. The molecule has 3 aromatic carbocycles. The molecule has 1 aliphatic rings. The highest BCUT2D eigenvalue weighted by atomic mass is 16.5. The maximum atomic E-state index is 14.8. The third-order valence-electron chi connectivity index (χ3n) is 12.2. The van der Waals surface area contributed by atoms with Crippen molar-refractivity contribution in [3.63, 3.8) is 0 Å². The molecule has 15 heteroatoms. The zero-order chi connectivity index (χ0) is 48.9. The average Bonchev–Trinajstić information content (AvgIpc) is 3.31. The van der Waals surface area contributed by atoms with Crippen LogP contribution in [0, 0.1) is 23.2 Å². The summed E-state index contributed by atoms with van der Waals surface area (Å²) >= 11 is 0. The van der Waals surface area contributed by atoms with E-state index in [1.165, 1.54) is 24.8 Å². The number of nitrogens with zero attached hydrogens (tertiary/aromatic N) is 2. The Morgan fingerprint density at radius 2 is 1.52 bits per heavy atom. The molecule has 1 heterocycles. The summed E-state index contributed by atoms with van der Waals surface area (Å²) in [4.78, 5) is 84.2. The highest BCUT2D eigenvalue weighted by Crippen LogP contribution is 2.41. The van der Waals surface area contributed by atoms with E-state index < -0.39 is 47.5 Å². The number of ketones is 3. The van der Waals surface area contributed by atoms with Crippen LogP contribution in [-0.2, 0) is 43.2 Å². The summed E-state index contributed by atoms with van der Waals surface area (Å²) in [6.45, 7) is 4.53. The van der Waals surface area contributed by atoms with Crippen LogP contribution in [0.2, 0.25) is 0 Å². The number of nitrogens with one attached hydrogen (secondary N) is 1. The Bertz CT molecular complexity index is 2220. The first-order valence-corrected chi connectivity index (χ1v) is 23.8. The number of amides is 2. The van der Waals surface area contributed by atoms with E-state index in [1.807, 2.05) is 24.3 Å². The number of aliphatic carboxylic acids is 1. The number of carboxylic acids is 1. The summed E-state index contributed by atoms with van der Waals surface area (Å²) in [6, 6.07) is 15.7. The van der Waals surface area contributed by atoms with Crippen LogP contribution in [0.4, 0.5) is 0 Å². The van der Waals surface area contributed by atoms with E-state index in [4.69, 9.17) is 26.7 Å². The first-order valence-electron chi connectivity index (χ1n) is 23.8. The van der Waals surface area contributed by atoms with Crippen LogP contribution in [0.5, 0.6) is 11.5 Å². The van der Waals surface area contributed by atoms with E-state index in [0.29, 0.717) is 44.9 Å². The van der Waals surface area contributed by atoms with E-state index in [1.54, 1.807) is 43.3 Å². The number of Topliss-reactive ketones (excluding diaryl/α,β-unsaturated/α-hetero) is 3. The van der Waals surface area contributed by atoms with Gasteiger partial charge in [-0.2, -0.15) is 5.26 Å². The van der Waals surface area contributed by atoms with E-state index >= 15 is 0 Å². The summed E-state index contributed by atoms with van der Waals surface area (Å²) in [5.74, 6) is -4.30. The topological polar surface area (TPSA) is 258 Å². The molecule has 0 radical (unpaired) electrons. The number of rotatable bonds is 26. The van der Waals surface area contributed by atoms with Gasteiger partial charge in [0, 0.05) is 80.8 Å². The van der Waals surface area contributed by atoms with E-state index in [-0.39, 0.29) is 95.8 Å². The van der Waals surface area contributed by atoms with E-state index in [2.05, 4.69) is 12.2 Å². The van der Waals surface area contributed by atoms with Crippen LogP contribution in [0.25, 0.3) is 11.1 Å². The number of carbonyl (C=O) groups is 6. The Balaban J connectivity index is 1.79. The number of unbranched alkanes of at least 4 members (excludes halogenated alkanes) is 5. The molecule has 362 valence electrons. The Morgan fingerprint density at radius 3 is 2.18 bits per heavy atom. The van der Waals surface area contributed by atoms with Crippen LogP contribution >= 0.6 is 0 Å². The predicted octanol–water partition coefficient (Wildman–Crippen LogP) is 6.20. The number of carboxylic acid groups (broad SMARTS) is 1. The fraction of sp³-hybridized carbons (Fsp3) is 0.519. The van der Waals surface area contributed by atoms with Crippen molar-refractivity contribution in [2.75, 3.05) is 39.9 Å². The second kappa shape index (κ2) is 27.6. The molecule has 4 bridgehead atoms. The van der Waals surface area contributed by atoms with Gasteiger partial charge in [0.15, 0.2) is 17.3 Å². The SMILES string of the molecule is CCCCCCCCc1ccc(C(=O)C[C@@H](CCN)C(=O)N(C)[C@@H]2C(=O)C[C@@H](C)C(=O)N[C@H](C(=O)CCC#N)Cc3ccc(OCCN)c(c3)-c3cc2ccc3OCCN)c(CCC(=O)O)c1. The van der Waals surface area contributed by atoms with Crippen molar-refractivity contribution < 1.29 is 43.3 Å². The molecule has 0 unspecified atom stereocenters. The van der Waals surface area contributed by atoms with Crippen molar-refractivity contribution in [1.82, 2.24) is 10.2 Å². The number of nitriles is 1. The average molecular weight is 923 g/mol. The van der Waals surface area contributed by atoms with Gasteiger partial charge in [-0.05, 0) is 85.2 Å². The molecule has 67 heavy (non-hydrogen) atoms. The van der Waals surface area contributed by atoms with E-state index in [0.717, 1.165) is 37.7 Å². The fourth-order valence-corrected chi connectivity index (χ4v) is 8.61. The molecule has 8 N–H and O–H groups in total. The fourth-order valence-electron chi connectivity index (χ4n) is 8.61. The maximum absolute atomic E-state index is 14.8. The third-order valence-corrected chi connectivity index (χ3v) is 12.2. The third kappa shape index (κ3) is 15.8. The van der Waals surface area contributed by atoms with Gasteiger partial charge in [-0.15, -0.1) is 0 Å². The van der Waals surface area contributed by atoms with Crippen molar-refractivity contribution in [3.8, 4) is 28.7 Å². The standard InChI is InChI=1S/C52H70N6O9/c1-4-5-6-7-8-9-11-35-13-17-40(37(29-35)16-20-49(62)63)45(60)33-39(21-23-54)52(65)58(3)50-38-15-19-48(67-27-25-56)42(32-38)41-30-36(14-18-47(41)66-26-24-55)31-43(44(59)12-10-22-53)57-51(64)34(2)28-46(50)61/h13-15,17-19,29-30,32,34,39,43,50H,4-12,16,20-21,23-28,31,33,54-56H2,1-3H3,(H,57,64)(H,62,63)/t34-,39-,43+,50+/m1/s1. The molecule has 0 spiro atoms. The molecule has 4 rings (SSSR count). The van der Waals surface area contributed by atoms with Gasteiger partial charge in [0.05, 0.1) is 12.1 Å². The minimum Gasteiger partial charge on any atom is -0.492 e. The van der Waals surface area contributed by atoms with Crippen LogP contribution in [0.3, 0.4) is 0 Å². The summed E-state index contributed by atoms with van der Waals surface area (Å²) in [5, 5.41) is 21.7. The van der Waals surface area contributed by atoms with Crippen LogP contribution in [-0.4, -0.2) is 91.1 Å². The second-order valence-corrected chi connectivity index (χ2v) is 17.5. The molecule has 0 saturated carbocycles. The normalized spacial score (nSPS) is 16.5. The highest BCUT2D eigenvalue weighted by Gasteiger charge is 2.36. The van der Waals surface area contributed by atoms with Gasteiger partial charge >= 0.3 is 5.97 Å². The highest BCUT2D eigenvalue weighted by molar-refractivity contribution is 6.01. The molecule has 15 nitrogen and oxygen atoms in total. The number of hydrogen-bond acceptors (Lipinski definition) is 12. The van der Waals surface area contributed by atoms with Crippen molar-refractivity contribution in [3.05, 3.63) is 82.4 Å². The van der Waals surface area contributed by atoms with Gasteiger partial charge in [0.25, 0.3) is 0 Å². The quantitative estimate of drug-likeness (QED) is 0.0445. The molecular weight excluding hydrogens is 853 g/mol. The lowest BCUT2D eigenvalue weighted by atomic mass is 9.87. The zero-order valence-corrected chi connectivity index (χ0v) is 39.5. The van der Waals surface area contributed by atoms with Gasteiger partial charge in [0.2, 0.25) is 11.8 Å². The summed E-state index contributed by atoms with van der Waals surface area (Å²) in [5.41, 5.74) is 21.8. The molecule has 0 aromatic heterocycles. The van der Waals surface area contributed by atoms with Gasteiger partial charge in [-0.3, -0.25) is 28.8 Å². The van der Waals surface area contributed by atoms with Gasteiger partial charge in [-0.1, -0.05) is 76.3 Å². The van der Waals surface area contributed by atoms with Crippen molar-refractivity contribution >= 4 is 35.1 Å². The van der Waals surface area contributed by atoms with Crippen molar-refractivity contribution in [1.29, 1.82) is 5.26 Å². The van der Waals surface area contributed by atoms with Gasteiger partial charge in [-0.25, -0.2) is 0 Å². The lowest BCUT2D eigenvalue weighted by Gasteiger charge is -2.32. The number of ether oxygens (including phenoxy) is 2. The molecule has 2 amide bonds. The second-order valence-electron chi connectivity index (χ2n) is 17.5. The Hall–Kier alpha value is -5.95. The summed E-state index contributed by atoms with van der Waals surface area (Å²) in [7, 11) is 1.49. The van der Waals surface area contributed by atoms with Crippen LogP contribution in [0.15, 0.2) is 54.6 Å². The molecule has 1 aliphatic heterocycles. The summed E-state index contributed by atoms with van der Waals surface area (Å²) < 4.78 is 12.2. The largest absolute Gasteiger partial charge is 0.492 e. The van der Waals surface area contributed by atoms with Crippen LogP contribution in [0.1, 0.15) is 130 Å². The first kappa shape index (κ1) is 53.7. The minimum absolute atomic E-state index is 0.0404. The predicted molar refractivity (Wildman–Crippen MR) is 256 cm³/mol. The monoisotopic (exact) mass is 923 g/mol. The number of nitrogens with two attached hydrogens (primary N) is 3. The van der Waals surface area contributed by atoms with Gasteiger partial charge < -0.3 is 42.0 Å². The molecule has 4 atom stereocenters. The van der Waals surface area contributed by atoms with Gasteiger partial charge in [0.1, 0.15) is 30.8 Å². The number of hydrogen-bond donors (Lipinski definition) is 5. The number of benzene rings is 3. The molecule has 0 fully saturated rings. The molecular formula is C52H70N6O9. The number of fused-ring (bicyclic) bond motifs is 5. The number of aryl methyl sites for hydroxylation is 2. The molecule has 0 saturated heterocycles. The van der Waals surface area contributed by atoms with E-state index in [9.17, 15) is 39.1 Å². The Labute approximate surface area is 395 Å².